The largest absolute Gasteiger partial charge is 0.573 e. The van der Waals surface area contributed by atoms with Gasteiger partial charge in [-0.3, -0.25) is 9.69 Å². The molecular weight excluding hydrogens is 343 g/mol. The minimum Gasteiger partial charge on any atom is -0.481 e. The Morgan fingerprint density at radius 2 is 2.10 bits per heavy atom. The molecule has 0 spiro atoms. The number of alkyl halides is 3. The van der Waals surface area contributed by atoms with Gasteiger partial charge in [0.25, 0.3) is 0 Å². The summed E-state index contributed by atoms with van der Waals surface area (Å²) in [6.45, 7) is 1.40. The Morgan fingerprint density at radius 3 is 2.60 bits per heavy atom. The summed E-state index contributed by atoms with van der Waals surface area (Å²) in [6.07, 6.45) is -4.73. The standard InChI is InChI=1S/C12H11BrF3NO3/c13-9-3-7(1-2-10(9)20-12(14,15)16)4-17-5-8(6-17)11(18)19/h1-3,8H,4-6H2,(H,18,19). The first-order chi connectivity index (χ1) is 9.24. The zero-order chi connectivity index (χ0) is 14.9. The van der Waals surface area contributed by atoms with Gasteiger partial charge in [-0.25, -0.2) is 0 Å². The molecular formula is C12H11BrF3NO3. The minimum atomic E-state index is -4.73. The summed E-state index contributed by atoms with van der Waals surface area (Å²) in [7, 11) is 0. The molecule has 0 saturated carbocycles. The molecule has 20 heavy (non-hydrogen) atoms. The van der Waals surface area contributed by atoms with Crippen LogP contribution in [0.25, 0.3) is 0 Å². The molecule has 1 N–H and O–H groups in total. The number of nitrogens with zero attached hydrogens (tertiary/aromatic N) is 1. The summed E-state index contributed by atoms with van der Waals surface area (Å²) in [4.78, 5) is 12.6. The van der Waals surface area contributed by atoms with Crippen molar-refractivity contribution in [1.82, 2.24) is 4.90 Å². The first-order valence-electron chi connectivity index (χ1n) is 5.74. The van der Waals surface area contributed by atoms with E-state index in [2.05, 4.69) is 20.7 Å². The van der Waals surface area contributed by atoms with Gasteiger partial charge in [0.15, 0.2) is 0 Å². The smallest absolute Gasteiger partial charge is 0.481 e. The van der Waals surface area contributed by atoms with Crippen molar-refractivity contribution in [3.63, 3.8) is 0 Å². The Morgan fingerprint density at radius 1 is 1.45 bits per heavy atom. The van der Waals surface area contributed by atoms with E-state index in [-0.39, 0.29) is 16.1 Å². The number of hydrogen-bond acceptors (Lipinski definition) is 3. The van der Waals surface area contributed by atoms with Crippen molar-refractivity contribution >= 4 is 21.9 Å². The van der Waals surface area contributed by atoms with Gasteiger partial charge in [0.1, 0.15) is 5.75 Å². The van der Waals surface area contributed by atoms with Gasteiger partial charge in [-0.15, -0.1) is 13.2 Å². The zero-order valence-corrected chi connectivity index (χ0v) is 11.7. The number of rotatable bonds is 4. The lowest BCUT2D eigenvalue weighted by molar-refractivity contribution is -0.274. The number of hydrogen-bond donors (Lipinski definition) is 1. The Kier molecular flexibility index (Phi) is 4.24. The fraction of sp³-hybridized carbons (Fsp3) is 0.417. The van der Waals surface area contributed by atoms with Crippen LogP contribution in [0, 0.1) is 5.92 Å². The summed E-state index contributed by atoms with van der Waals surface area (Å²) in [6, 6.07) is 4.30. The van der Waals surface area contributed by atoms with Crippen molar-refractivity contribution in [2.45, 2.75) is 12.9 Å². The van der Waals surface area contributed by atoms with Crippen molar-refractivity contribution in [1.29, 1.82) is 0 Å². The number of halogens is 4. The molecule has 8 heteroatoms. The number of carboxylic acids is 1. The third-order valence-corrected chi connectivity index (χ3v) is 3.55. The van der Waals surface area contributed by atoms with Crippen molar-refractivity contribution in [2.24, 2.45) is 5.92 Å². The maximum Gasteiger partial charge on any atom is 0.573 e. The van der Waals surface area contributed by atoms with Crippen LogP contribution < -0.4 is 4.74 Å². The van der Waals surface area contributed by atoms with Crippen LogP contribution >= 0.6 is 15.9 Å². The number of carbonyl (C=O) groups is 1. The normalized spacial score (nSPS) is 16.8. The molecule has 1 aromatic carbocycles. The highest BCUT2D eigenvalue weighted by atomic mass is 79.9. The maximum atomic E-state index is 12.1. The van der Waals surface area contributed by atoms with E-state index < -0.39 is 12.3 Å². The summed E-state index contributed by atoms with van der Waals surface area (Å²) in [5.74, 6) is -1.48. The maximum absolute atomic E-state index is 12.1. The van der Waals surface area contributed by atoms with Crippen LogP contribution in [0.4, 0.5) is 13.2 Å². The van der Waals surface area contributed by atoms with Crippen LogP contribution in [0.15, 0.2) is 22.7 Å². The van der Waals surface area contributed by atoms with Crippen LogP contribution in [0.1, 0.15) is 5.56 Å². The topological polar surface area (TPSA) is 49.8 Å². The summed E-state index contributed by atoms with van der Waals surface area (Å²) >= 11 is 3.03. The van der Waals surface area contributed by atoms with E-state index in [9.17, 15) is 18.0 Å². The quantitative estimate of drug-likeness (QED) is 0.904. The summed E-state index contributed by atoms with van der Waals surface area (Å²) in [5.41, 5.74) is 0.787. The van der Waals surface area contributed by atoms with E-state index in [1.165, 1.54) is 18.2 Å². The van der Waals surface area contributed by atoms with Gasteiger partial charge in [-0.1, -0.05) is 6.07 Å². The number of likely N-dealkylation sites (tertiary alicyclic amines) is 1. The van der Waals surface area contributed by atoms with E-state index in [4.69, 9.17) is 5.11 Å². The third kappa shape index (κ3) is 3.86. The van der Waals surface area contributed by atoms with Gasteiger partial charge in [-0.05, 0) is 33.6 Å². The molecule has 0 unspecified atom stereocenters. The summed E-state index contributed by atoms with van der Waals surface area (Å²) in [5, 5.41) is 8.75. The van der Waals surface area contributed by atoms with E-state index in [0.717, 1.165) is 5.56 Å². The van der Waals surface area contributed by atoms with Gasteiger partial charge >= 0.3 is 12.3 Å². The van der Waals surface area contributed by atoms with E-state index >= 15 is 0 Å². The molecule has 0 aliphatic carbocycles. The van der Waals surface area contributed by atoms with Crippen LogP contribution in [-0.2, 0) is 11.3 Å². The Balaban J connectivity index is 1.95. The average molecular weight is 354 g/mol. The summed E-state index contributed by atoms with van der Waals surface area (Å²) < 4.78 is 40.4. The van der Waals surface area contributed by atoms with Crippen LogP contribution in [0.2, 0.25) is 0 Å². The number of carboxylic acid groups (broad SMARTS) is 1. The molecule has 110 valence electrons. The van der Waals surface area contributed by atoms with Gasteiger partial charge in [-0.2, -0.15) is 0 Å². The molecule has 1 aliphatic rings. The molecule has 0 aromatic heterocycles. The number of benzene rings is 1. The Labute approximate surface area is 121 Å². The second kappa shape index (κ2) is 5.61. The molecule has 1 heterocycles. The fourth-order valence-electron chi connectivity index (χ4n) is 1.96. The van der Waals surface area contributed by atoms with Gasteiger partial charge in [0, 0.05) is 19.6 Å². The molecule has 0 radical (unpaired) electrons. The lowest BCUT2D eigenvalue weighted by Gasteiger charge is -2.36. The Hall–Kier alpha value is -1.28. The number of aliphatic carboxylic acids is 1. The van der Waals surface area contributed by atoms with E-state index in [1.54, 1.807) is 0 Å². The van der Waals surface area contributed by atoms with Crippen molar-refractivity contribution in [2.75, 3.05) is 13.1 Å². The predicted octanol–water partition coefficient (Wildman–Crippen LogP) is 2.86. The fourth-order valence-corrected chi connectivity index (χ4v) is 2.47. The van der Waals surface area contributed by atoms with Crippen molar-refractivity contribution in [3.05, 3.63) is 28.2 Å². The highest BCUT2D eigenvalue weighted by molar-refractivity contribution is 9.10. The zero-order valence-electron chi connectivity index (χ0n) is 10.2. The van der Waals surface area contributed by atoms with Gasteiger partial charge in [0.2, 0.25) is 0 Å². The van der Waals surface area contributed by atoms with Gasteiger partial charge in [0.05, 0.1) is 10.4 Å². The monoisotopic (exact) mass is 353 g/mol. The van der Waals surface area contributed by atoms with Crippen LogP contribution in [0.3, 0.4) is 0 Å². The SMILES string of the molecule is O=C(O)C1CN(Cc2ccc(OC(F)(F)F)c(Br)c2)C1. The average Bonchev–Trinajstić information content (AvgIpc) is 2.24. The van der Waals surface area contributed by atoms with E-state index in [1.807, 2.05) is 4.90 Å². The molecule has 0 amide bonds. The molecule has 1 aliphatic heterocycles. The van der Waals surface area contributed by atoms with E-state index in [0.29, 0.717) is 19.6 Å². The highest BCUT2D eigenvalue weighted by Crippen LogP contribution is 2.31. The van der Waals surface area contributed by atoms with Crippen LogP contribution in [0.5, 0.6) is 5.75 Å². The molecule has 2 rings (SSSR count). The molecule has 0 bridgehead atoms. The highest BCUT2D eigenvalue weighted by Gasteiger charge is 2.33. The molecule has 1 aromatic rings. The predicted molar refractivity (Wildman–Crippen MR) is 67.2 cm³/mol. The second-order valence-electron chi connectivity index (χ2n) is 4.54. The Bertz CT molecular complexity index is 515. The van der Waals surface area contributed by atoms with Gasteiger partial charge < -0.3 is 9.84 Å². The van der Waals surface area contributed by atoms with Crippen molar-refractivity contribution in [3.8, 4) is 5.75 Å². The minimum absolute atomic E-state index is 0.211. The molecule has 0 atom stereocenters. The third-order valence-electron chi connectivity index (χ3n) is 2.93. The lowest BCUT2D eigenvalue weighted by atomic mass is 10.00. The first-order valence-corrected chi connectivity index (χ1v) is 6.53. The lowest BCUT2D eigenvalue weighted by Crippen LogP contribution is -2.49. The number of ether oxygens (including phenoxy) is 1. The molecule has 1 saturated heterocycles. The first kappa shape index (κ1) is 15.1. The molecule has 1 fully saturated rings. The second-order valence-corrected chi connectivity index (χ2v) is 5.40. The van der Waals surface area contributed by atoms with Crippen LogP contribution in [-0.4, -0.2) is 35.4 Å². The van der Waals surface area contributed by atoms with Crippen molar-refractivity contribution < 1.29 is 27.8 Å². The molecule has 4 nitrogen and oxygen atoms in total.